The minimum absolute atomic E-state index is 0.170. The molecular formula is C19H25FNOP. The number of hydrogen-bond donors (Lipinski definition) is 2. The van der Waals surface area contributed by atoms with E-state index < -0.39 is 0 Å². The normalized spacial score (nSPS) is 14.3. The maximum absolute atomic E-state index is 13.6. The number of phenols is 1. The van der Waals surface area contributed by atoms with Crippen molar-refractivity contribution in [2.45, 2.75) is 38.9 Å². The molecule has 0 spiro atoms. The van der Waals surface area contributed by atoms with Crippen LogP contribution >= 0.6 is 8.58 Å². The van der Waals surface area contributed by atoms with Gasteiger partial charge in [0.1, 0.15) is 11.6 Å². The summed E-state index contributed by atoms with van der Waals surface area (Å²) in [6.07, 6.45) is 0.902. The van der Waals surface area contributed by atoms with Crippen molar-refractivity contribution >= 4 is 13.9 Å². The summed E-state index contributed by atoms with van der Waals surface area (Å²) in [5, 5.41) is 14.6. The van der Waals surface area contributed by atoms with E-state index in [-0.39, 0.29) is 11.0 Å². The van der Waals surface area contributed by atoms with Gasteiger partial charge in [-0.1, -0.05) is 46.7 Å². The molecule has 2 atom stereocenters. The highest BCUT2D eigenvalue weighted by Gasteiger charge is 2.29. The van der Waals surface area contributed by atoms with Crippen LogP contribution in [0.15, 0.2) is 36.4 Å². The first-order chi connectivity index (χ1) is 10.9. The smallest absolute Gasteiger partial charge is 0.123 e. The first-order valence-corrected chi connectivity index (χ1v) is 8.91. The van der Waals surface area contributed by atoms with Gasteiger partial charge in [0.2, 0.25) is 0 Å². The lowest BCUT2D eigenvalue weighted by Gasteiger charge is -2.31. The molecule has 4 heteroatoms. The van der Waals surface area contributed by atoms with Crippen molar-refractivity contribution in [3.63, 3.8) is 0 Å². The first kappa shape index (κ1) is 17.9. The molecule has 2 N–H and O–H groups in total. The van der Waals surface area contributed by atoms with E-state index in [2.05, 4.69) is 19.2 Å². The molecule has 2 unspecified atom stereocenters. The van der Waals surface area contributed by atoms with Crippen molar-refractivity contribution in [2.75, 3.05) is 7.05 Å². The third kappa shape index (κ3) is 3.91. The van der Waals surface area contributed by atoms with Crippen LogP contribution in [0.4, 0.5) is 4.39 Å². The Hall–Kier alpha value is -1.44. The average Bonchev–Trinajstić information content (AvgIpc) is 2.53. The van der Waals surface area contributed by atoms with Crippen LogP contribution in [0.2, 0.25) is 0 Å². The van der Waals surface area contributed by atoms with Gasteiger partial charge in [-0.05, 0) is 49.0 Å². The molecule has 0 heterocycles. The van der Waals surface area contributed by atoms with Gasteiger partial charge in [-0.25, -0.2) is 4.39 Å². The predicted molar refractivity (Wildman–Crippen MR) is 97.6 cm³/mol. The molecule has 2 aromatic carbocycles. The summed E-state index contributed by atoms with van der Waals surface area (Å²) in [5.74, 6) is 0.169. The zero-order chi connectivity index (χ0) is 17.0. The molecule has 2 nitrogen and oxygen atoms in total. The van der Waals surface area contributed by atoms with E-state index in [1.807, 2.05) is 38.2 Å². The number of hydrogen-bond acceptors (Lipinski definition) is 2. The number of phenolic OH excluding ortho intramolecular Hbond substituents is 1. The number of rotatable bonds is 6. The minimum Gasteiger partial charge on any atom is -0.507 e. The van der Waals surface area contributed by atoms with Gasteiger partial charge < -0.3 is 10.4 Å². The molecule has 0 amide bonds. The molecule has 0 saturated heterocycles. The lowest BCUT2D eigenvalue weighted by atomic mass is 9.94. The van der Waals surface area contributed by atoms with Gasteiger partial charge in [-0.2, -0.15) is 0 Å². The van der Waals surface area contributed by atoms with Gasteiger partial charge in [0, 0.05) is 17.3 Å². The predicted octanol–water partition coefficient (Wildman–Crippen LogP) is 4.19. The monoisotopic (exact) mass is 333 g/mol. The molecule has 0 aromatic heterocycles. The quantitative estimate of drug-likeness (QED) is 0.777. The molecule has 0 radical (unpaired) electrons. The molecule has 2 rings (SSSR count). The van der Waals surface area contributed by atoms with Crippen LogP contribution in [0.3, 0.4) is 0 Å². The van der Waals surface area contributed by atoms with Gasteiger partial charge in [0.25, 0.3) is 0 Å². The average molecular weight is 333 g/mol. The van der Waals surface area contributed by atoms with Crippen LogP contribution in [0, 0.1) is 12.7 Å². The van der Waals surface area contributed by atoms with Crippen LogP contribution in [-0.4, -0.2) is 12.2 Å². The van der Waals surface area contributed by atoms with Crippen molar-refractivity contribution in [1.82, 2.24) is 5.32 Å². The summed E-state index contributed by atoms with van der Waals surface area (Å²) in [6, 6.07) is 10.9. The third-order valence-electron chi connectivity index (χ3n) is 4.38. The molecule has 23 heavy (non-hydrogen) atoms. The third-order valence-corrected chi connectivity index (χ3v) is 6.32. The maximum atomic E-state index is 13.6. The topological polar surface area (TPSA) is 32.3 Å². The lowest BCUT2D eigenvalue weighted by molar-refractivity contribution is 0.452. The molecule has 124 valence electrons. The second-order valence-corrected chi connectivity index (χ2v) is 8.01. The Bertz CT molecular complexity index is 689. The van der Waals surface area contributed by atoms with Crippen molar-refractivity contribution in [2.24, 2.45) is 0 Å². The van der Waals surface area contributed by atoms with Crippen LogP contribution in [-0.2, 0) is 11.7 Å². The maximum Gasteiger partial charge on any atom is 0.123 e. The van der Waals surface area contributed by atoms with Gasteiger partial charge in [0.15, 0.2) is 0 Å². The Morgan fingerprint density at radius 2 is 2.00 bits per heavy atom. The van der Waals surface area contributed by atoms with Gasteiger partial charge >= 0.3 is 0 Å². The summed E-state index contributed by atoms with van der Waals surface area (Å²) in [7, 11) is 2.32. The Labute approximate surface area is 139 Å². The zero-order valence-electron chi connectivity index (χ0n) is 14.2. The number of aromatic hydroxyl groups is 1. The number of aryl methyl sites for hydroxylation is 1. The minimum atomic E-state index is -0.208. The molecular weight excluding hydrogens is 308 g/mol. The summed E-state index contributed by atoms with van der Waals surface area (Å²) < 4.78 is 13.6. The Morgan fingerprint density at radius 1 is 1.26 bits per heavy atom. The fraction of sp³-hybridized carbons (Fsp3) is 0.368. The first-order valence-electron chi connectivity index (χ1n) is 7.91. The van der Waals surface area contributed by atoms with Crippen molar-refractivity contribution < 1.29 is 9.50 Å². The molecule has 0 bridgehead atoms. The van der Waals surface area contributed by atoms with E-state index in [1.165, 1.54) is 6.07 Å². The van der Waals surface area contributed by atoms with E-state index >= 15 is 0 Å². The summed E-state index contributed by atoms with van der Waals surface area (Å²) >= 11 is 0. The molecule has 0 aliphatic rings. The Kier molecular flexibility index (Phi) is 5.78. The zero-order valence-corrected chi connectivity index (χ0v) is 15.2. The van der Waals surface area contributed by atoms with Crippen LogP contribution < -0.4 is 10.6 Å². The molecule has 0 aliphatic heterocycles. The second kappa shape index (κ2) is 7.42. The van der Waals surface area contributed by atoms with Gasteiger partial charge in [0.05, 0.1) is 0 Å². The highest BCUT2D eigenvalue weighted by molar-refractivity contribution is 7.48. The van der Waals surface area contributed by atoms with Crippen molar-refractivity contribution in [3.05, 3.63) is 58.9 Å². The van der Waals surface area contributed by atoms with E-state index in [0.717, 1.165) is 28.4 Å². The standard InChI is InChI=1S/C19H25FNOP/c1-5-19(3,16-8-6-7-13(2)18(16)22)23-17-10-9-15(20)11-14(17)12-21-4/h6-11,21-23H,5,12H2,1-4H3. The fourth-order valence-corrected chi connectivity index (χ4v) is 4.36. The van der Waals surface area contributed by atoms with E-state index in [9.17, 15) is 9.50 Å². The number of para-hydroxylation sites is 1. The fourth-order valence-electron chi connectivity index (χ4n) is 2.77. The van der Waals surface area contributed by atoms with E-state index in [0.29, 0.717) is 20.9 Å². The van der Waals surface area contributed by atoms with Crippen molar-refractivity contribution in [3.8, 4) is 5.75 Å². The second-order valence-electron chi connectivity index (χ2n) is 6.11. The number of benzene rings is 2. The highest BCUT2D eigenvalue weighted by atomic mass is 31.1. The Balaban J connectivity index is 2.44. The molecule has 0 aliphatic carbocycles. The van der Waals surface area contributed by atoms with Crippen molar-refractivity contribution in [1.29, 1.82) is 0 Å². The van der Waals surface area contributed by atoms with E-state index in [4.69, 9.17) is 0 Å². The molecule has 2 aromatic rings. The molecule has 0 saturated carbocycles. The van der Waals surface area contributed by atoms with E-state index in [1.54, 1.807) is 6.07 Å². The van der Waals surface area contributed by atoms with Crippen LogP contribution in [0.5, 0.6) is 5.75 Å². The lowest BCUT2D eigenvalue weighted by Crippen LogP contribution is -2.22. The highest BCUT2D eigenvalue weighted by Crippen LogP contribution is 2.47. The summed E-state index contributed by atoms with van der Waals surface area (Å²) in [6.45, 7) is 6.87. The largest absolute Gasteiger partial charge is 0.507 e. The summed E-state index contributed by atoms with van der Waals surface area (Å²) in [4.78, 5) is 0. The van der Waals surface area contributed by atoms with Crippen LogP contribution in [0.1, 0.15) is 37.0 Å². The number of nitrogens with one attached hydrogen (secondary N) is 1. The molecule has 0 fully saturated rings. The van der Waals surface area contributed by atoms with Gasteiger partial charge in [-0.3, -0.25) is 0 Å². The van der Waals surface area contributed by atoms with Crippen LogP contribution in [0.25, 0.3) is 0 Å². The SMILES string of the molecule is CCC(C)(Pc1ccc(F)cc1CNC)c1cccc(C)c1O. The van der Waals surface area contributed by atoms with Gasteiger partial charge in [-0.15, -0.1) is 0 Å². The summed E-state index contributed by atoms with van der Waals surface area (Å²) in [5.41, 5.74) is 2.84. The Morgan fingerprint density at radius 3 is 2.65 bits per heavy atom. The number of halogens is 1.